The van der Waals surface area contributed by atoms with Gasteiger partial charge in [-0.1, -0.05) is 0 Å². The minimum absolute atomic E-state index is 0.0508. The van der Waals surface area contributed by atoms with Crippen molar-refractivity contribution in [3.63, 3.8) is 0 Å². The van der Waals surface area contributed by atoms with Crippen molar-refractivity contribution in [1.82, 2.24) is 4.31 Å². The zero-order valence-electron chi connectivity index (χ0n) is 12.9. The maximum absolute atomic E-state index is 12.7. The number of β-amino-alcohol motifs (C(OH)–C–C–N with tert-alkyl or cyclic N) is 1. The van der Waals surface area contributed by atoms with Crippen molar-refractivity contribution in [1.29, 1.82) is 0 Å². The lowest BCUT2D eigenvalue weighted by molar-refractivity contribution is -0.151. The van der Waals surface area contributed by atoms with Gasteiger partial charge >= 0.3 is 5.97 Å². The number of nitrogens with zero attached hydrogens (tertiary/aromatic N) is 1. The number of amides is 1. The second-order valence-corrected chi connectivity index (χ2v) is 7.12. The zero-order valence-corrected chi connectivity index (χ0v) is 13.7. The number of primary amides is 1. The van der Waals surface area contributed by atoms with Crippen LogP contribution in [0.15, 0.2) is 29.2 Å². The van der Waals surface area contributed by atoms with Crippen molar-refractivity contribution in [3.05, 3.63) is 24.3 Å². The molecule has 1 amide bonds. The molecule has 1 aromatic carbocycles. The van der Waals surface area contributed by atoms with Crippen molar-refractivity contribution in [2.24, 2.45) is 5.73 Å². The van der Waals surface area contributed by atoms with Crippen molar-refractivity contribution in [3.8, 4) is 5.75 Å². The Bertz CT molecular complexity index is 717. The molecule has 0 bridgehead atoms. The summed E-state index contributed by atoms with van der Waals surface area (Å²) in [6.07, 6.45) is -1.13. The maximum Gasteiger partial charge on any atom is 0.325 e. The number of nitrogens with two attached hydrogens (primary N) is 1. The number of hydrogen-bond acceptors (Lipinski definition) is 7. The van der Waals surface area contributed by atoms with E-state index in [1.165, 1.54) is 31.4 Å². The average Bonchev–Trinajstić information content (AvgIpc) is 2.95. The molecule has 0 aromatic heterocycles. The molecule has 24 heavy (non-hydrogen) atoms. The highest BCUT2D eigenvalue weighted by Crippen LogP contribution is 2.28. The first-order chi connectivity index (χ1) is 11.3. The molecule has 1 aliphatic heterocycles. The Morgan fingerprint density at radius 2 is 1.96 bits per heavy atom. The molecular formula is C14H18N2O7S. The highest BCUT2D eigenvalue weighted by atomic mass is 32.2. The van der Waals surface area contributed by atoms with Gasteiger partial charge in [-0.3, -0.25) is 9.59 Å². The quantitative estimate of drug-likeness (QED) is 0.613. The molecular weight excluding hydrogens is 340 g/mol. The first-order valence-corrected chi connectivity index (χ1v) is 8.48. The Morgan fingerprint density at radius 3 is 2.50 bits per heavy atom. The van der Waals surface area contributed by atoms with Crippen molar-refractivity contribution in [2.45, 2.75) is 23.5 Å². The predicted octanol–water partition coefficient (Wildman–Crippen LogP) is -1.15. The van der Waals surface area contributed by atoms with E-state index < -0.39 is 40.7 Å². The van der Waals surface area contributed by atoms with E-state index in [1.807, 2.05) is 0 Å². The van der Waals surface area contributed by atoms with Crippen LogP contribution in [0.5, 0.6) is 5.75 Å². The summed E-state index contributed by atoms with van der Waals surface area (Å²) in [4.78, 5) is 22.7. The fraction of sp³-hybridized carbons (Fsp3) is 0.429. The molecule has 0 aliphatic carbocycles. The Morgan fingerprint density at radius 1 is 1.33 bits per heavy atom. The minimum atomic E-state index is -4.03. The maximum atomic E-state index is 12.7. The largest absolute Gasteiger partial charge is 0.497 e. The molecule has 1 aromatic rings. The van der Waals surface area contributed by atoms with Crippen LogP contribution >= 0.6 is 0 Å². The van der Waals surface area contributed by atoms with Crippen LogP contribution in [-0.2, 0) is 24.3 Å². The predicted molar refractivity (Wildman–Crippen MR) is 81.5 cm³/mol. The highest BCUT2D eigenvalue weighted by Gasteiger charge is 2.44. The molecule has 132 valence electrons. The normalized spacial score (nSPS) is 21.4. The lowest BCUT2D eigenvalue weighted by Crippen LogP contribution is -2.42. The van der Waals surface area contributed by atoms with Gasteiger partial charge in [-0.05, 0) is 24.3 Å². The van der Waals surface area contributed by atoms with Gasteiger partial charge in [0.25, 0.3) is 5.91 Å². The third-order valence-corrected chi connectivity index (χ3v) is 5.42. The summed E-state index contributed by atoms with van der Waals surface area (Å²) in [5.41, 5.74) is 4.90. The summed E-state index contributed by atoms with van der Waals surface area (Å²) < 4.78 is 35.9. The van der Waals surface area contributed by atoms with E-state index in [0.29, 0.717) is 5.75 Å². The van der Waals surface area contributed by atoms with Crippen LogP contribution in [0.4, 0.5) is 0 Å². The molecule has 1 saturated heterocycles. The number of esters is 1. The number of carbonyl (C=O) groups is 2. The van der Waals surface area contributed by atoms with Crippen molar-refractivity contribution >= 4 is 21.9 Å². The summed E-state index contributed by atoms with van der Waals surface area (Å²) in [6, 6.07) is 4.40. The van der Waals surface area contributed by atoms with Crippen LogP contribution in [0.25, 0.3) is 0 Å². The molecule has 0 spiro atoms. The van der Waals surface area contributed by atoms with Crippen LogP contribution in [0.2, 0.25) is 0 Å². The van der Waals surface area contributed by atoms with Gasteiger partial charge in [0.1, 0.15) is 11.8 Å². The van der Waals surface area contributed by atoms with Gasteiger partial charge in [0, 0.05) is 13.0 Å². The molecule has 2 rings (SSSR count). The molecule has 0 radical (unpaired) electrons. The van der Waals surface area contributed by atoms with Crippen LogP contribution in [-0.4, -0.2) is 62.1 Å². The third-order valence-electron chi connectivity index (χ3n) is 3.53. The van der Waals surface area contributed by atoms with E-state index in [1.54, 1.807) is 0 Å². The van der Waals surface area contributed by atoms with E-state index in [2.05, 4.69) is 4.74 Å². The lowest BCUT2D eigenvalue weighted by atomic mass is 10.2. The summed E-state index contributed by atoms with van der Waals surface area (Å²) in [6.45, 7) is -0.896. The second kappa shape index (κ2) is 7.16. The zero-order chi connectivity index (χ0) is 17.9. The molecule has 1 heterocycles. The molecule has 1 unspecified atom stereocenters. The van der Waals surface area contributed by atoms with E-state index >= 15 is 0 Å². The van der Waals surface area contributed by atoms with Gasteiger partial charge < -0.3 is 20.3 Å². The molecule has 10 heteroatoms. The average molecular weight is 358 g/mol. The van der Waals surface area contributed by atoms with Crippen LogP contribution in [0.1, 0.15) is 6.42 Å². The fourth-order valence-electron chi connectivity index (χ4n) is 2.39. The third kappa shape index (κ3) is 3.83. The summed E-state index contributed by atoms with van der Waals surface area (Å²) in [5, 5.41) is 9.76. The molecule has 1 aliphatic rings. The number of rotatable bonds is 6. The summed E-state index contributed by atoms with van der Waals surface area (Å²) >= 11 is 0. The van der Waals surface area contributed by atoms with Gasteiger partial charge in [0.15, 0.2) is 6.61 Å². The number of ether oxygens (including phenoxy) is 2. The standard InChI is InChI=1S/C14H18N2O7S/c1-22-10-2-4-11(5-3-10)24(20,21)16-7-9(17)6-12(16)14(19)23-8-13(15)18/h2-5,9,12,17H,6-8H2,1H3,(H2,15,18)/t9?,12-/m0/s1. The van der Waals surface area contributed by atoms with E-state index in [-0.39, 0.29) is 17.9 Å². The van der Waals surface area contributed by atoms with Gasteiger partial charge in [0.05, 0.1) is 18.1 Å². The number of sulfonamides is 1. The Hall–Kier alpha value is -2.17. The smallest absolute Gasteiger partial charge is 0.325 e. The topological polar surface area (TPSA) is 136 Å². The van der Waals surface area contributed by atoms with Crippen LogP contribution in [0, 0.1) is 0 Å². The van der Waals surface area contributed by atoms with E-state index in [0.717, 1.165) is 4.31 Å². The number of carbonyl (C=O) groups excluding carboxylic acids is 2. The molecule has 1 fully saturated rings. The van der Waals surface area contributed by atoms with E-state index in [9.17, 15) is 23.1 Å². The SMILES string of the molecule is COc1ccc(S(=O)(=O)N2CC(O)C[C@H]2C(=O)OCC(N)=O)cc1. The fourth-order valence-corrected chi connectivity index (χ4v) is 4.01. The summed E-state index contributed by atoms with van der Waals surface area (Å²) in [5.74, 6) is -1.30. The highest BCUT2D eigenvalue weighted by molar-refractivity contribution is 7.89. The second-order valence-electron chi connectivity index (χ2n) is 5.23. The minimum Gasteiger partial charge on any atom is -0.497 e. The number of aliphatic hydroxyl groups is 1. The molecule has 2 atom stereocenters. The first kappa shape index (κ1) is 18.2. The van der Waals surface area contributed by atoms with E-state index in [4.69, 9.17) is 10.5 Å². The van der Waals surface area contributed by atoms with Gasteiger partial charge in [-0.2, -0.15) is 4.31 Å². The van der Waals surface area contributed by atoms with Gasteiger partial charge in [-0.15, -0.1) is 0 Å². The van der Waals surface area contributed by atoms with Crippen LogP contribution < -0.4 is 10.5 Å². The number of methoxy groups -OCH3 is 1. The number of hydrogen-bond donors (Lipinski definition) is 2. The molecule has 3 N–H and O–H groups in total. The Labute approximate surface area is 139 Å². The molecule has 9 nitrogen and oxygen atoms in total. The van der Waals surface area contributed by atoms with Crippen LogP contribution in [0.3, 0.4) is 0 Å². The first-order valence-electron chi connectivity index (χ1n) is 7.04. The van der Waals surface area contributed by atoms with Crippen molar-refractivity contribution < 1.29 is 32.6 Å². The monoisotopic (exact) mass is 358 g/mol. The Balaban J connectivity index is 2.25. The lowest BCUT2D eigenvalue weighted by Gasteiger charge is -2.22. The molecule has 0 saturated carbocycles. The van der Waals surface area contributed by atoms with Crippen molar-refractivity contribution in [2.75, 3.05) is 20.3 Å². The Kier molecular flexibility index (Phi) is 5.42. The summed E-state index contributed by atoms with van der Waals surface area (Å²) in [7, 11) is -2.58. The number of benzene rings is 1. The van der Waals surface area contributed by atoms with Gasteiger partial charge in [0.2, 0.25) is 10.0 Å². The number of aliphatic hydroxyl groups excluding tert-OH is 1. The van der Waals surface area contributed by atoms with Gasteiger partial charge in [-0.25, -0.2) is 8.42 Å².